The fraction of sp³-hybridized carbons (Fsp3) is 0.286. The molecule has 146 valence electrons. The molecular formula is C21H22ClN3O2S. The summed E-state index contributed by atoms with van der Waals surface area (Å²) in [4.78, 5) is 16.7. The summed E-state index contributed by atoms with van der Waals surface area (Å²) < 4.78 is 5.88. The average Bonchev–Trinajstić information content (AvgIpc) is 3.05. The minimum absolute atomic E-state index is 0.178. The summed E-state index contributed by atoms with van der Waals surface area (Å²) in [5.41, 5.74) is 3.51. The van der Waals surface area contributed by atoms with E-state index in [9.17, 15) is 4.79 Å². The van der Waals surface area contributed by atoms with E-state index in [1.807, 2.05) is 45.0 Å². The monoisotopic (exact) mass is 415 g/mol. The van der Waals surface area contributed by atoms with Gasteiger partial charge in [-0.05, 0) is 54.5 Å². The van der Waals surface area contributed by atoms with Gasteiger partial charge in [-0.2, -0.15) is 0 Å². The van der Waals surface area contributed by atoms with Gasteiger partial charge in [0.1, 0.15) is 5.52 Å². The van der Waals surface area contributed by atoms with E-state index < -0.39 is 5.41 Å². The van der Waals surface area contributed by atoms with Gasteiger partial charge in [0.05, 0.1) is 10.7 Å². The molecule has 2 N–H and O–H groups in total. The summed E-state index contributed by atoms with van der Waals surface area (Å²) >= 11 is 11.5. The lowest BCUT2D eigenvalue weighted by molar-refractivity contribution is -0.126. The van der Waals surface area contributed by atoms with Crippen LogP contribution in [0.1, 0.15) is 33.3 Å². The van der Waals surface area contributed by atoms with Gasteiger partial charge >= 0.3 is 0 Å². The van der Waals surface area contributed by atoms with Gasteiger partial charge in [-0.3, -0.25) is 4.79 Å². The third kappa shape index (κ3) is 4.51. The molecule has 0 fully saturated rings. The molecule has 0 aliphatic carbocycles. The lowest BCUT2D eigenvalue weighted by Crippen LogP contribution is -2.41. The molecule has 0 aliphatic heterocycles. The van der Waals surface area contributed by atoms with Crippen molar-refractivity contribution >= 4 is 51.6 Å². The van der Waals surface area contributed by atoms with Crippen molar-refractivity contribution in [3.05, 3.63) is 47.0 Å². The highest BCUT2D eigenvalue weighted by Crippen LogP contribution is 2.30. The Bertz CT molecular complexity index is 1050. The van der Waals surface area contributed by atoms with Crippen LogP contribution < -0.4 is 10.6 Å². The van der Waals surface area contributed by atoms with E-state index in [1.165, 1.54) is 5.56 Å². The number of aromatic nitrogens is 1. The van der Waals surface area contributed by atoms with Crippen molar-refractivity contribution in [2.24, 2.45) is 5.41 Å². The first-order valence-corrected chi connectivity index (χ1v) is 9.78. The van der Waals surface area contributed by atoms with Crippen molar-refractivity contribution < 1.29 is 9.21 Å². The van der Waals surface area contributed by atoms with Gasteiger partial charge in [-0.1, -0.05) is 45.4 Å². The first-order chi connectivity index (χ1) is 13.2. The molecule has 7 heteroatoms. The van der Waals surface area contributed by atoms with Crippen molar-refractivity contribution in [2.45, 2.75) is 34.1 Å². The van der Waals surface area contributed by atoms with Crippen molar-refractivity contribution in [2.75, 3.05) is 5.32 Å². The van der Waals surface area contributed by atoms with Gasteiger partial charge in [0.15, 0.2) is 10.7 Å². The van der Waals surface area contributed by atoms with Crippen LogP contribution >= 0.6 is 23.8 Å². The number of fused-ring (bicyclic) bond motifs is 1. The minimum Gasteiger partial charge on any atom is -0.436 e. The second-order valence-corrected chi connectivity index (χ2v) is 8.34. The summed E-state index contributed by atoms with van der Waals surface area (Å²) in [6.07, 6.45) is 0.935. The fourth-order valence-corrected chi connectivity index (χ4v) is 2.88. The van der Waals surface area contributed by atoms with Gasteiger partial charge in [-0.15, -0.1) is 0 Å². The first-order valence-electron chi connectivity index (χ1n) is 8.99. The predicted molar refractivity (Wildman–Crippen MR) is 118 cm³/mol. The van der Waals surface area contributed by atoms with E-state index in [0.29, 0.717) is 16.6 Å². The predicted octanol–water partition coefficient (Wildman–Crippen LogP) is 5.57. The number of benzene rings is 2. The summed E-state index contributed by atoms with van der Waals surface area (Å²) in [6, 6.07) is 11.3. The van der Waals surface area contributed by atoms with Gasteiger partial charge < -0.3 is 15.1 Å². The first kappa shape index (κ1) is 20.3. The number of carbonyl (C=O) groups excluding carboxylic acids is 1. The van der Waals surface area contributed by atoms with Gasteiger partial charge in [0, 0.05) is 11.0 Å². The van der Waals surface area contributed by atoms with E-state index in [-0.39, 0.29) is 11.0 Å². The van der Waals surface area contributed by atoms with Crippen LogP contribution in [-0.2, 0) is 11.2 Å². The molecule has 1 aromatic heterocycles. The molecule has 1 heterocycles. The molecule has 28 heavy (non-hydrogen) atoms. The fourth-order valence-electron chi connectivity index (χ4n) is 2.51. The number of aryl methyl sites for hydroxylation is 1. The molecule has 0 atom stereocenters. The molecule has 1 amide bonds. The molecule has 0 aliphatic rings. The van der Waals surface area contributed by atoms with E-state index >= 15 is 0 Å². The molecule has 0 saturated carbocycles. The lowest BCUT2D eigenvalue weighted by Gasteiger charge is -2.19. The molecule has 3 rings (SSSR count). The smallest absolute Gasteiger partial charge is 0.231 e. The number of halogens is 1. The SMILES string of the molecule is CCc1ccc2oc(-c3ccc(Cl)c(NC(=S)NC(=O)C(C)(C)C)c3)nc2c1. The van der Waals surface area contributed by atoms with Crippen molar-refractivity contribution in [3.8, 4) is 11.5 Å². The average molecular weight is 416 g/mol. The Kier molecular flexibility index (Phi) is 5.72. The number of amides is 1. The van der Waals surface area contributed by atoms with E-state index in [2.05, 4.69) is 22.5 Å². The van der Waals surface area contributed by atoms with Crippen LogP contribution in [0, 0.1) is 5.41 Å². The largest absolute Gasteiger partial charge is 0.436 e. The molecule has 0 bridgehead atoms. The number of rotatable bonds is 3. The second kappa shape index (κ2) is 7.89. The lowest BCUT2D eigenvalue weighted by atomic mass is 9.96. The Labute approximate surface area is 174 Å². The summed E-state index contributed by atoms with van der Waals surface area (Å²) in [6.45, 7) is 7.54. The van der Waals surface area contributed by atoms with E-state index in [4.69, 9.17) is 28.2 Å². The van der Waals surface area contributed by atoms with Crippen molar-refractivity contribution in [1.29, 1.82) is 0 Å². The Morgan fingerprint density at radius 3 is 2.64 bits per heavy atom. The summed E-state index contributed by atoms with van der Waals surface area (Å²) in [5.74, 6) is 0.315. The van der Waals surface area contributed by atoms with Crippen molar-refractivity contribution in [1.82, 2.24) is 10.3 Å². The van der Waals surface area contributed by atoms with E-state index in [0.717, 1.165) is 23.1 Å². The molecular weight excluding hydrogens is 394 g/mol. The second-order valence-electron chi connectivity index (χ2n) is 7.53. The number of hydrogen-bond donors (Lipinski definition) is 2. The molecule has 0 spiro atoms. The third-order valence-electron chi connectivity index (χ3n) is 4.23. The highest BCUT2D eigenvalue weighted by atomic mass is 35.5. The molecule has 0 saturated heterocycles. The highest BCUT2D eigenvalue weighted by molar-refractivity contribution is 7.80. The number of thiocarbonyl (C=S) groups is 1. The molecule has 5 nitrogen and oxygen atoms in total. The molecule has 0 radical (unpaired) electrons. The Balaban J connectivity index is 1.85. The maximum atomic E-state index is 12.1. The Hall–Kier alpha value is -2.44. The van der Waals surface area contributed by atoms with Gasteiger partial charge in [0.2, 0.25) is 11.8 Å². The van der Waals surface area contributed by atoms with Crippen LogP contribution in [0.4, 0.5) is 5.69 Å². The zero-order valence-electron chi connectivity index (χ0n) is 16.2. The number of nitrogens with zero attached hydrogens (tertiary/aromatic N) is 1. The number of anilines is 1. The highest BCUT2D eigenvalue weighted by Gasteiger charge is 2.22. The zero-order valence-corrected chi connectivity index (χ0v) is 17.8. The topological polar surface area (TPSA) is 67.2 Å². The van der Waals surface area contributed by atoms with Crippen LogP contribution in [0.5, 0.6) is 0 Å². The maximum absolute atomic E-state index is 12.1. The van der Waals surface area contributed by atoms with Gasteiger partial charge in [-0.25, -0.2) is 4.98 Å². The maximum Gasteiger partial charge on any atom is 0.231 e. The summed E-state index contributed by atoms with van der Waals surface area (Å²) in [5, 5.41) is 6.30. The number of oxazole rings is 1. The standard InChI is InChI=1S/C21H22ClN3O2S/c1-5-12-6-9-17-16(10-12)23-18(27-17)13-7-8-14(22)15(11-13)24-20(28)25-19(26)21(2,3)4/h6-11H,5H2,1-4H3,(H2,24,25,26,28). The molecule has 3 aromatic rings. The number of nitrogens with one attached hydrogen (secondary N) is 2. The van der Waals surface area contributed by atoms with Gasteiger partial charge in [0.25, 0.3) is 0 Å². The number of hydrogen-bond acceptors (Lipinski definition) is 4. The van der Waals surface area contributed by atoms with Crippen LogP contribution in [0.25, 0.3) is 22.6 Å². The number of carbonyl (C=O) groups is 1. The van der Waals surface area contributed by atoms with Crippen LogP contribution in [0.2, 0.25) is 5.02 Å². The van der Waals surface area contributed by atoms with E-state index in [1.54, 1.807) is 12.1 Å². The molecule has 0 unspecified atom stereocenters. The van der Waals surface area contributed by atoms with Crippen LogP contribution in [0.3, 0.4) is 0 Å². The minimum atomic E-state index is -0.549. The van der Waals surface area contributed by atoms with Crippen LogP contribution in [-0.4, -0.2) is 16.0 Å². The van der Waals surface area contributed by atoms with Crippen molar-refractivity contribution in [3.63, 3.8) is 0 Å². The Morgan fingerprint density at radius 1 is 1.21 bits per heavy atom. The van der Waals surface area contributed by atoms with Crippen LogP contribution in [0.15, 0.2) is 40.8 Å². The quantitative estimate of drug-likeness (QED) is 0.547. The zero-order chi connectivity index (χ0) is 20.5. The normalized spacial score (nSPS) is 11.5. The molecule has 2 aromatic carbocycles. The third-order valence-corrected chi connectivity index (χ3v) is 4.76. The summed E-state index contributed by atoms with van der Waals surface area (Å²) in [7, 11) is 0. The Morgan fingerprint density at radius 2 is 1.96 bits per heavy atom.